The molecule has 5 heteroatoms. The molecule has 1 aromatic rings. The monoisotopic (exact) mass is 283 g/mol. The van der Waals surface area contributed by atoms with Crippen LogP contribution in [-0.4, -0.2) is 35.5 Å². The van der Waals surface area contributed by atoms with Gasteiger partial charge in [0.25, 0.3) is 0 Å². The van der Waals surface area contributed by atoms with E-state index in [2.05, 4.69) is 14.9 Å². The minimum absolute atomic E-state index is 0.631. The van der Waals surface area contributed by atoms with E-state index < -0.39 is 0 Å². The van der Waals surface area contributed by atoms with Crippen LogP contribution in [-0.2, 0) is 0 Å². The summed E-state index contributed by atoms with van der Waals surface area (Å²) < 4.78 is 5.54. The molecule has 0 bridgehead atoms. The quantitative estimate of drug-likeness (QED) is 0.779. The second kappa shape index (κ2) is 6.94. The van der Waals surface area contributed by atoms with Crippen molar-refractivity contribution in [2.24, 2.45) is 5.92 Å². The molecule has 1 unspecified atom stereocenters. The third-order valence-electron chi connectivity index (χ3n) is 3.63. The van der Waals surface area contributed by atoms with Crippen LogP contribution in [0.1, 0.15) is 31.7 Å². The Morgan fingerprint density at radius 2 is 2.32 bits per heavy atom. The molecule has 0 saturated carbocycles. The predicted molar refractivity (Wildman–Crippen MR) is 78.2 cm³/mol. The van der Waals surface area contributed by atoms with E-state index >= 15 is 0 Å². The summed E-state index contributed by atoms with van der Waals surface area (Å²) in [5.74, 6) is 3.13. The van der Waals surface area contributed by atoms with Crippen molar-refractivity contribution in [1.29, 1.82) is 0 Å². The first-order valence-corrected chi connectivity index (χ1v) is 7.55. The molecule has 1 saturated heterocycles. The Morgan fingerprint density at radius 3 is 3.05 bits per heavy atom. The van der Waals surface area contributed by atoms with Crippen molar-refractivity contribution in [3.8, 4) is 5.88 Å². The molecule has 0 N–H and O–H groups in total. The lowest BCUT2D eigenvalue weighted by atomic mass is 9.95. The van der Waals surface area contributed by atoms with Gasteiger partial charge in [-0.15, -0.1) is 11.6 Å². The summed E-state index contributed by atoms with van der Waals surface area (Å²) >= 11 is 5.86. The predicted octanol–water partition coefficient (Wildman–Crippen LogP) is 3.03. The molecular weight excluding hydrogens is 262 g/mol. The molecule has 0 aliphatic carbocycles. The van der Waals surface area contributed by atoms with Gasteiger partial charge in [-0.3, -0.25) is 0 Å². The zero-order valence-corrected chi connectivity index (χ0v) is 12.5. The van der Waals surface area contributed by atoms with Gasteiger partial charge in [-0.25, -0.2) is 9.97 Å². The maximum atomic E-state index is 5.86. The van der Waals surface area contributed by atoms with E-state index in [4.69, 9.17) is 16.3 Å². The Labute approximate surface area is 120 Å². The summed E-state index contributed by atoms with van der Waals surface area (Å²) in [4.78, 5) is 11.0. The minimum Gasteiger partial charge on any atom is -0.478 e. The average molecular weight is 284 g/mol. The zero-order valence-electron chi connectivity index (χ0n) is 11.7. The smallest absolute Gasteiger partial charge is 0.221 e. The van der Waals surface area contributed by atoms with Crippen LogP contribution in [0.2, 0.25) is 0 Å². The van der Waals surface area contributed by atoms with Crippen LogP contribution in [0.4, 0.5) is 5.82 Å². The number of nitrogens with zero attached hydrogens (tertiary/aromatic N) is 3. The van der Waals surface area contributed by atoms with Crippen molar-refractivity contribution < 1.29 is 4.74 Å². The lowest BCUT2D eigenvalue weighted by molar-refractivity contribution is 0.323. The summed E-state index contributed by atoms with van der Waals surface area (Å²) in [6, 6.07) is 0. The van der Waals surface area contributed by atoms with Gasteiger partial charge >= 0.3 is 0 Å². The van der Waals surface area contributed by atoms with Crippen molar-refractivity contribution >= 4 is 17.4 Å². The lowest BCUT2D eigenvalue weighted by Crippen LogP contribution is -2.36. The fourth-order valence-electron chi connectivity index (χ4n) is 2.67. The molecular formula is C14H22ClN3O. The number of anilines is 1. The van der Waals surface area contributed by atoms with Crippen molar-refractivity contribution in [2.45, 2.75) is 33.1 Å². The Balaban J connectivity index is 2.14. The molecule has 2 heterocycles. The number of alkyl halides is 1. The Kier molecular flexibility index (Phi) is 5.25. The van der Waals surface area contributed by atoms with E-state index in [1.807, 2.05) is 13.8 Å². The number of hydrogen-bond donors (Lipinski definition) is 0. The topological polar surface area (TPSA) is 38.3 Å². The molecule has 0 spiro atoms. The van der Waals surface area contributed by atoms with Crippen molar-refractivity contribution in [3.63, 3.8) is 0 Å². The highest BCUT2D eigenvalue weighted by molar-refractivity contribution is 6.17. The molecule has 1 atom stereocenters. The number of halogens is 1. The number of piperidine rings is 1. The summed E-state index contributed by atoms with van der Waals surface area (Å²) in [6.45, 7) is 6.73. The lowest BCUT2D eigenvalue weighted by Gasteiger charge is -2.34. The van der Waals surface area contributed by atoms with E-state index in [1.165, 1.54) is 12.8 Å². The Bertz CT molecular complexity index is 412. The largest absolute Gasteiger partial charge is 0.478 e. The molecule has 1 aliphatic rings. The van der Waals surface area contributed by atoms with Crippen molar-refractivity contribution in [2.75, 3.05) is 30.5 Å². The Hall–Kier alpha value is -1.03. The molecule has 106 valence electrons. The summed E-state index contributed by atoms with van der Waals surface area (Å²) in [5, 5.41) is 0. The molecule has 1 aliphatic heterocycles. The Morgan fingerprint density at radius 1 is 1.47 bits per heavy atom. The first kappa shape index (κ1) is 14.4. The van der Waals surface area contributed by atoms with Crippen LogP contribution in [0.5, 0.6) is 5.88 Å². The van der Waals surface area contributed by atoms with E-state index in [-0.39, 0.29) is 0 Å². The third kappa shape index (κ3) is 3.50. The van der Waals surface area contributed by atoms with Gasteiger partial charge < -0.3 is 9.64 Å². The maximum absolute atomic E-state index is 5.86. The first-order chi connectivity index (χ1) is 9.26. The second-order valence-electron chi connectivity index (χ2n) is 4.99. The fraction of sp³-hybridized carbons (Fsp3) is 0.714. The number of ether oxygens (including phenoxy) is 1. The van der Waals surface area contributed by atoms with Crippen LogP contribution in [0.25, 0.3) is 0 Å². The van der Waals surface area contributed by atoms with Gasteiger partial charge in [0.1, 0.15) is 12.1 Å². The zero-order chi connectivity index (χ0) is 13.7. The molecule has 19 heavy (non-hydrogen) atoms. The van der Waals surface area contributed by atoms with Gasteiger partial charge in [0, 0.05) is 19.0 Å². The highest BCUT2D eigenvalue weighted by Crippen LogP contribution is 2.29. The standard InChI is InChI=1S/C14H22ClN3O/c1-3-19-14-11(2)13(16-10-17-14)18-8-4-5-12(9-18)6-7-15/h10,12H,3-9H2,1-2H3. The first-order valence-electron chi connectivity index (χ1n) is 7.01. The molecule has 0 amide bonds. The molecule has 0 radical (unpaired) electrons. The summed E-state index contributed by atoms with van der Waals surface area (Å²) in [7, 11) is 0. The molecule has 1 aromatic heterocycles. The van der Waals surface area contributed by atoms with Crippen LogP contribution < -0.4 is 9.64 Å². The van der Waals surface area contributed by atoms with Gasteiger partial charge in [-0.1, -0.05) is 0 Å². The van der Waals surface area contributed by atoms with Gasteiger partial charge in [0.15, 0.2) is 0 Å². The average Bonchev–Trinajstić information content (AvgIpc) is 2.42. The minimum atomic E-state index is 0.631. The van der Waals surface area contributed by atoms with Gasteiger partial charge in [-0.2, -0.15) is 0 Å². The summed E-state index contributed by atoms with van der Waals surface area (Å²) in [5.41, 5.74) is 1.04. The van der Waals surface area contributed by atoms with Crippen molar-refractivity contribution in [1.82, 2.24) is 9.97 Å². The second-order valence-corrected chi connectivity index (χ2v) is 5.37. The molecule has 4 nitrogen and oxygen atoms in total. The fourth-order valence-corrected chi connectivity index (χ4v) is 2.98. The SMILES string of the molecule is CCOc1ncnc(N2CCCC(CCCl)C2)c1C. The normalized spacial score (nSPS) is 19.5. The number of rotatable bonds is 5. The molecule has 1 fully saturated rings. The number of aromatic nitrogens is 2. The van der Waals surface area contributed by atoms with Crippen LogP contribution in [0.3, 0.4) is 0 Å². The summed E-state index contributed by atoms with van der Waals surface area (Å²) in [6.07, 6.45) is 5.15. The van der Waals surface area contributed by atoms with Gasteiger partial charge in [0.2, 0.25) is 5.88 Å². The van der Waals surface area contributed by atoms with E-state index in [1.54, 1.807) is 6.33 Å². The van der Waals surface area contributed by atoms with Crippen LogP contribution in [0.15, 0.2) is 6.33 Å². The van der Waals surface area contributed by atoms with Gasteiger partial charge in [-0.05, 0) is 39.0 Å². The third-order valence-corrected chi connectivity index (χ3v) is 3.85. The highest BCUT2D eigenvalue weighted by atomic mass is 35.5. The van der Waals surface area contributed by atoms with Gasteiger partial charge in [0.05, 0.1) is 12.2 Å². The number of hydrogen-bond acceptors (Lipinski definition) is 4. The molecule has 0 aromatic carbocycles. The van der Waals surface area contributed by atoms with Crippen LogP contribution >= 0.6 is 11.6 Å². The maximum Gasteiger partial charge on any atom is 0.221 e. The highest BCUT2D eigenvalue weighted by Gasteiger charge is 2.22. The van der Waals surface area contributed by atoms with E-state index in [0.717, 1.165) is 36.8 Å². The van der Waals surface area contributed by atoms with Crippen molar-refractivity contribution in [3.05, 3.63) is 11.9 Å². The molecule has 2 rings (SSSR count). The van der Waals surface area contributed by atoms with E-state index in [0.29, 0.717) is 18.4 Å². The van der Waals surface area contributed by atoms with Crippen LogP contribution in [0, 0.1) is 12.8 Å². The van der Waals surface area contributed by atoms with E-state index in [9.17, 15) is 0 Å².